The van der Waals surface area contributed by atoms with Crippen molar-refractivity contribution in [2.45, 2.75) is 13.0 Å². The molecule has 4 heteroatoms. The highest BCUT2D eigenvalue weighted by molar-refractivity contribution is 5.67. The van der Waals surface area contributed by atoms with Crippen LogP contribution in [0.3, 0.4) is 0 Å². The second kappa shape index (κ2) is 5.51. The molecular formula is C14H15NO3. The lowest BCUT2D eigenvalue weighted by Crippen LogP contribution is -1.90. The van der Waals surface area contributed by atoms with Gasteiger partial charge in [0.1, 0.15) is 18.1 Å². The van der Waals surface area contributed by atoms with Crippen LogP contribution >= 0.6 is 0 Å². The summed E-state index contributed by atoms with van der Waals surface area (Å²) < 4.78 is 10.3. The molecule has 94 valence electrons. The van der Waals surface area contributed by atoms with Crippen LogP contribution in [0.5, 0.6) is 5.75 Å². The number of hydrogen-bond acceptors (Lipinski definition) is 4. The summed E-state index contributed by atoms with van der Waals surface area (Å²) in [6.07, 6.45) is 2.63. The van der Waals surface area contributed by atoms with Gasteiger partial charge in [0.15, 0.2) is 5.76 Å². The van der Waals surface area contributed by atoms with E-state index >= 15 is 0 Å². The molecule has 1 N–H and O–H groups in total. The van der Waals surface area contributed by atoms with Crippen LogP contribution in [0.15, 0.2) is 41.4 Å². The number of hydrogen-bond donors (Lipinski definition) is 1. The van der Waals surface area contributed by atoms with Crippen LogP contribution in [0.4, 0.5) is 0 Å². The zero-order valence-electron chi connectivity index (χ0n) is 10.2. The van der Waals surface area contributed by atoms with Crippen molar-refractivity contribution in [3.8, 4) is 17.0 Å². The van der Waals surface area contributed by atoms with Crippen molar-refractivity contribution in [1.82, 2.24) is 5.16 Å². The molecule has 0 aliphatic carbocycles. The van der Waals surface area contributed by atoms with E-state index in [-0.39, 0.29) is 6.61 Å². The molecule has 0 unspecified atom stereocenters. The van der Waals surface area contributed by atoms with Crippen molar-refractivity contribution in [3.63, 3.8) is 0 Å². The Kier molecular flexibility index (Phi) is 3.79. The summed E-state index contributed by atoms with van der Waals surface area (Å²) in [5.41, 5.74) is 2.62. The molecule has 0 amide bonds. The molecule has 1 heterocycles. The zero-order valence-corrected chi connectivity index (χ0v) is 10.2. The van der Waals surface area contributed by atoms with E-state index in [2.05, 4.69) is 11.7 Å². The topological polar surface area (TPSA) is 55.5 Å². The maximum absolute atomic E-state index is 8.96. The molecule has 0 fully saturated rings. The van der Waals surface area contributed by atoms with Crippen LogP contribution in [-0.4, -0.2) is 17.4 Å². The summed E-state index contributed by atoms with van der Waals surface area (Å²) >= 11 is 0. The first-order valence-electron chi connectivity index (χ1n) is 5.63. The Balaban J connectivity index is 2.40. The van der Waals surface area contributed by atoms with Gasteiger partial charge in [-0.2, -0.15) is 0 Å². The minimum atomic E-state index is -0.163. The number of aliphatic hydroxyl groups is 1. The highest BCUT2D eigenvalue weighted by atomic mass is 16.5. The quantitative estimate of drug-likeness (QED) is 0.822. The number of aromatic nitrogens is 1. The van der Waals surface area contributed by atoms with E-state index in [1.54, 1.807) is 13.2 Å². The number of rotatable bonds is 5. The van der Waals surface area contributed by atoms with Gasteiger partial charge in [-0.3, -0.25) is 0 Å². The lowest BCUT2D eigenvalue weighted by molar-refractivity contribution is 0.229. The Hall–Kier alpha value is -2.07. The highest BCUT2D eigenvalue weighted by Gasteiger charge is 2.11. The minimum absolute atomic E-state index is 0.163. The van der Waals surface area contributed by atoms with Crippen molar-refractivity contribution < 1.29 is 14.4 Å². The van der Waals surface area contributed by atoms with Gasteiger partial charge in [-0.05, 0) is 24.1 Å². The van der Waals surface area contributed by atoms with Gasteiger partial charge in [0.25, 0.3) is 0 Å². The Morgan fingerprint density at radius 2 is 2.28 bits per heavy atom. The summed E-state index contributed by atoms with van der Waals surface area (Å²) in [6, 6.07) is 7.57. The SMILES string of the molecule is C=CCc1ccc(-c2cc(CO)on2)c(OC)c1. The lowest BCUT2D eigenvalue weighted by atomic mass is 10.1. The average molecular weight is 245 g/mol. The Labute approximate surface area is 105 Å². The normalized spacial score (nSPS) is 10.3. The largest absolute Gasteiger partial charge is 0.496 e. The van der Waals surface area contributed by atoms with E-state index in [9.17, 15) is 0 Å². The van der Waals surface area contributed by atoms with Crippen LogP contribution in [0.25, 0.3) is 11.3 Å². The van der Waals surface area contributed by atoms with Crippen molar-refractivity contribution in [2.24, 2.45) is 0 Å². The molecule has 0 aliphatic rings. The fraction of sp³-hybridized carbons (Fsp3) is 0.214. The molecule has 0 saturated heterocycles. The van der Waals surface area contributed by atoms with Crippen LogP contribution < -0.4 is 4.74 Å². The van der Waals surface area contributed by atoms with Gasteiger partial charge in [-0.25, -0.2) is 0 Å². The molecule has 2 rings (SSSR count). The van der Waals surface area contributed by atoms with E-state index < -0.39 is 0 Å². The minimum Gasteiger partial charge on any atom is -0.496 e. The van der Waals surface area contributed by atoms with Gasteiger partial charge in [0.05, 0.1) is 7.11 Å². The zero-order chi connectivity index (χ0) is 13.0. The molecule has 1 aromatic heterocycles. The summed E-state index contributed by atoms with van der Waals surface area (Å²) in [5.74, 6) is 1.16. The predicted octanol–water partition coefficient (Wildman–Crippen LogP) is 2.57. The number of nitrogens with zero attached hydrogens (tertiary/aromatic N) is 1. The Bertz CT molecular complexity index is 546. The summed E-state index contributed by atoms with van der Waals surface area (Å²) in [6.45, 7) is 3.55. The molecule has 2 aromatic rings. The van der Waals surface area contributed by atoms with Crippen molar-refractivity contribution >= 4 is 0 Å². The van der Waals surface area contributed by atoms with Crippen LogP contribution in [0.2, 0.25) is 0 Å². The van der Waals surface area contributed by atoms with E-state index in [4.69, 9.17) is 14.4 Å². The van der Waals surface area contributed by atoms with Gasteiger partial charge in [0, 0.05) is 11.6 Å². The first kappa shape index (κ1) is 12.4. The molecule has 0 atom stereocenters. The number of benzene rings is 1. The van der Waals surface area contributed by atoms with Gasteiger partial charge < -0.3 is 14.4 Å². The fourth-order valence-electron chi connectivity index (χ4n) is 1.76. The highest BCUT2D eigenvalue weighted by Crippen LogP contribution is 2.30. The molecule has 0 bridgehead atoms. The van der Waals surface area contributed by atoms with Gasteiger partial charge >= 0.3 is 0 Å². The van der Waals surface area contributed by atoms with E-state index in [0.29, 0.717) is 11.5 Å². The van der Waals surface area contributed by atoms with Crippen molar-refractivity contribution in [2.75, 3.05) is 7.11 Å². The second-order valence-corrected chi connectivity index (χ2v) is 3.86. The number of aliphatic hydroxyl groups excluding tert-OH is 1. The van der Waals surface area contributed by atoms with Crippen LogP contribution in [0.1, 0.15) is 11.3 Å². The van der Waals surface area contributed by atoms with Crippen molar-refractivity contribution in [1.29, 1.82) is 0 Å². The average Bonchev–Trinajstić information content (AvgIpc) is 2.87. The van der Waals surface area contributed by atoms with E-state index in [1.807, 2.05) is 24.3 Å². The maximum atomic E-state index is 8.96. The molecule has 0 radical (unpaired) electrons. The maximum Gasteiger partial charge on any atom is 0.162 e. The molecule has 4 nitrogen and oxygen atoms in total. The molecular weight excluding hydrogens is 230 g/mol. The number of allylic oxidation sites excluding steroid dienone is 1. The molecule has 0 saturated carbocycles. The Morgan fingerprint density at radius 3 is 2.89 bits per heavy atom. The van der Waals surface area contributed by atoms with Crippen molar-refractivity contribution in [3.05, 3.63) is 48.2 Å². The fourth-order valence-corrected chi connectivity index (χ4v) is 1.76. The second-order valence-electron chi connectivity index (χ2n) is 3.86. The molecule has 0 spiro atoms. The van der Waals surface area contributed by atoms with Crippen LogP contribution in [0, 0.1) is 0 Å². The summed E-state index contributed by atoms with van der Waals surface area (Å²) in [7, 11) is 1.61. The number of methoxy groups -OCH3 is 1. The smallest absolute Gasteiger partial charge is 0.162 e. The first-order chi connectivity index (χ1) is 8.78. The first-order valence-corrected chi connectivity index (χ1v) is 5.63. The standard InChI is InChI=1S/C14H15NO3/c1-3-4-10-5-6-12(14(7-10)17-2)13-8-11(9-16)18-15-13/h3,5-8,16H,1,4,9H2,2H3. The molecule has 0 aliphatic heterocycles. The lowest BCUT2D eigenvalue weighted by Gasteiger charge is -2.07. The number of ether oxygens (including phenoxy) is 1. The third-order valence-electron chi connectivity index (χ3n) is 2.64. The van der Waals surface area contributed by atoms with Gasteiger partial charge in [0.2, 0.25) is 0 Å². The Morgan fingerprint density at radius 1 is 1.44 bits per heavy atom. The van der Waals surface area contributed by atoms with Gasteiger partial charge in [-0.15, -0.1) is 6.58 Å². The predicted molar refractivity (Wildman–Crippen MR) is 68.3 cm³/mol. The van der Waals surface area contributed by atoms with Crippen LogP contribution in [-0.2, 0) is 13.0 Å². The van der Waals surface area contributed by atoms with E-state index in [0.717, 1.165) is 23.3 Å². The summed E-state index contributed by atoms with van der Waals surface area (Å²) in [4.78, 5) is 0. The third kappa shape index (κ3) is 2.43. The summed E-state index contributed by atoms with van der Waals surface area (Å²) in [5, 5.41) is 12.9. The third-order valence-corrected chi connectivity index (χ3v) is 2.64. The van der Waals surface area contributed by atoms with E-state index in [1.165, 1.54) is 0 Å². The van der Waals surface area contributed by atoms with Gasteiger partial charge in [-0.1, -0.05) is 17.3 Å². The molecule has 1 aromatic carbocycles. The molecule has 18 heavy (non-hydrogen) atoms. The monoisotopic (exact) mass is 245 g/mol.